The van der Waals surface area contributed by atoms with E-state index in [1.54, 1.807) is 14.2 Å². The molecule has 0 aromatic rings. The van der Waals surface area contributed by atoms with Gasteiger partial charge in [-0.15, -0.1) is 0 Å². The summed E-state index contributed by atoms with van der Waals surface area (Å²) in [5, 5.41) is 0. The predicted octanol–water partition coefficient (Wildman–Crippen LogP) is 11.6. The normalized spacial score (nSPS) is 12.5. The summed E-state index contributed by atoms with van der Waals surface area (Å²) in [5.74, 6) is -0.390. The first-order chi connectivity index (χ1) is 18.9. The number of hydrogen-bond acceptors (Lipinski definition) is 2. The maximum Gasteiger partial charge on any atom is 0.164 e. The minimum Gasteiger partial charge on any atom is -0.353 e. The Morgan fingerprint density at radius 1 is 0.410 bits per heavy atom. The van der Waals surface area contributed by atoms with Gasteiger partial charge in [0.1, 0.15) is 0 Å². The zero-order valence-corrected chi connectivity index (χ0v) is 28.3. The van der Waals surface area contributed by atoms with Crippen LogP contribution in [0.3, 0.4) is 0 Å². The van der Waals surface area contributed by atoms with Gasteiger partial charge in [-0.05, 0) is 39.0 Å². The molecule has 3 heteroatoms. The molecule has 39 heavy (non-hydrogen) atoms. The summed E-state index contributed by atoms with van der Waals surface area (Å²) in [6, 6.07) is 0. The van der Waals surface area contributed by atoms with E-state index < -0.39 is 0 Å². The first-order valence-electron chi connectivity index (χ1n) is 17.8. The van der Waals surface area contributed by atoms with E-state index in [1.807, 2.05) is 6.92 Å². The monoisotopic (exact) mass is 555 g/mol. The summed E-state index contributed by atoms with van der Waals surface area (Å²) in [4.78, 5) is 0. The molecular formula is C36H76NO2+. The average molecular weight is 555 g/mol. The van der Waals surface area contributed by atoms with Crippen LogP contribution in [0.2, 0.25) is 0 Å². The molecule has 0 aliphatic rings. The highest BCUT2D eigenvalue weighted by Gasteiger charge is 2.21. The van der Waals surface area contributed by atoms with Gasteiger partial charge < -0.3 is 14.0 Å². The van der Waals surface area contributed by atoms with Crippen LogP contribution in [0, 0.1) is 0 Å². The summed E-state index contributed by atoms with van der Waals surface area (Å²) in [6.07, 6.45) is 38.1. The third kappa shape index (κ3) is 27.8. The summed E-state index contributed by atoms with van der Waals surface area (Å²) < 4.78 is 12.1. The number of hydrogen-bond donors (Lipinski definition) is 0. The lowest BCUT2D eigenvalue weighted by Crippen LogP contribution is -2.41. The number of ether oxygens (including phenoxy) is 2. The molecule has 0 aromatic heterocycles. The number of unbranched alkanes of at least 4 members (excludes halogenated alkanes) is 24. The van der Waals surface area contributed by atoms with Gasteiger partial charge in [-0.25, -0.2) is 0 Å². The summed E-state index contributed by atoms with van der Waals surface area (Å²) >= 11 is 0. The number of nitrogens with zero attached hydrogens (tertiary/aromatic N) is 1. The lowest BCUT2D eigenvalue weighted by molar-refractivity contribution is -0.890. The fourth-order valence-electron chi connectivity index (χ4n) is 5.89. The van der Waals surface area contributed by atoms with Crippen molar-refractivity contribution in [2.75, 3.05) is 41.4 Å². The second-order valence-corrected chi connectivity index (χ2v) is 13.5. The molecule has 3 nitrogen and oxygen atoms in total. The van der Waals surface area contributed by atoms with Crippen molar-refractivity contribution in [3.63, 3.8) is 0 Å². The first-order valence-corrected chi connectivity index (χ1v) is 17.8. The molecule has 0 N–H and O–H groups in total. The zero-order valence-electron chi connectivity index (χ0n) is 28.3. The van der Waals surface area contributed by atoms with Crippen molar-refractivity contribution < 1.29 is 14.0 Å². The van der Waals surface area contributed by atoms with Gasteiger partial charge in [0.15, 0.2) is 5.79 Å². The molecule has 0 bridgehead atoms. The van der Waals surface area contributed by atoms with Gasteiger partial charge in [-0.1, -0.05) is 142 Å². The lowest BCUT2D eigenvalue weighted by atomic mass is 10.0. The molecule has 0 rings (SSSR count). The molecule has 236 valence electrons. The molecule has 0 aliphatic carbocycles. The van der Waals surface area contributed by atoms with Gasteiger partial charge in [0.2, 0.25) is 0 Å². The van der Waals surface area contributed by atoms with Crippen LogP contribution in [0.15, 0.2) is 0 Å². The van der Waals surface area contributed by atoms with Crippen LogP contribution in [0.5, 0.6) is 0 Å². The van der Waals surface area contributed by atoms with Crippen LogP contribution in [-0.4, -0.2) is 51.7 Å². The van der Waals surface area contributed by atoms with E-state index in [0.717, 1.165) is 6.42 Å². The number of quaternary nitrogens is 1. The summed E-state index contributed by atoms with van der Waals surface area (Å²) in [6.45, 7) is 7.07. The van der Waals surface area contributed by atoms with Crippen LogP contribution in [0.25, 0.3) is 0 Å². The van der Waals surface area contributed by atoms with Crippen molar-refractivity contribution in [2.45, 2.75) is 193 Å². The first kappa shape index (κ1) is 38.9. The van der Waals surface area contributed by atoms with Crippen LogP contribution in [0.1, 0.15) is 187 Å². The molecule has 0 aliphatic heterocycles. The predicted molar refractivity (Wildman–Crippen MR) is 175 cm³/mol. The van der Waals surface area contributed by atoms with Crippen LogP contribution in [-0.2, 0) is 9.47 Å². The van der Waals surface area contributed by atoms with Crippen LogP contribution < -0.4 is 0 Å². The van der Waals surface area contributed by atoms with Crippen molar-refractivity contribution in [1.29, 1.82) is 0 Å². The third-order valence-electron chi connectivity index (χ3n) is 9.12. The summed E-state index contributed by atoms with van der Waals surface area (Å²) in [5.41, 5.74) is 0. The lowest BCUT2D eigenvalue weighted by Gasteiger charge is -2.30. The highest BCUT2D eigenvalue weighted by Crippen LogP contribution is 2.20. The van der Waals surface area contributed by atoms with E-state index >= 15 is 0 Å². The maximum absolute atomic E-state index is 5.44. The molecule has 0 fully saturated rings. The molecule has 0 spiro atoms. The Bertz CT molecular complexity index is 475. The van der Waals surface area contributed by atoms with Gasteiger partial charge >= 0.3 is 0 Å². The Balaban J connectivity index is 3.35. The Kier molecular flexibility index (Phi) is 27.9. The van der Waals surface area contributed by atoms with E-state index in [4.69, 9.17) is 9.47 Å². The summed E-state index contributed by atoms with van der Waals surface area (Å²) in [7, 11) is 8.39. The van der Waals surface area contributed by atoms with Gasteiger partial charge in [0.25, 0.3) is 0 Å². The van der Waals surface area contributed by atoms with Crippen molar-refractivity contribution >= 4 is 0 Å². The van der Waals surface area contributed by atoms with E-state index in [0.29, 0.717) is 0 Å². The SMILES string of the molecule is CCCCCCCCCCCCCCCCCC[N+](C)(C)CCCCCCCCCCCCC(C)(OC)OC. The zero-order chi connectivity index (χ0) is 28.9. The molecule has 0 amide bonds. The van der Waals surface area contributed by atoms with Crippen molar-refractivity contribution in [3.05, 3.63) is 0 Å². The molecule has 0 atom stereocenters. The molecule has 0 aromatic carbocycles. The topological polar surface area (TPSA) is 18.5 Å². The van der Waals surface area contributed by atoms with E-state index in [1.165, 1.54) is 185 Å². The Hall–Kier alpha value is -0.120. The number of rotatable bonds is 32. The number of methoxy groups -OCH3 is 2. The molecule has 0 saturated heterocycles. The van der Waals surface area contributed by atoms with Gasteiger partial charge in [-0.3, -0.25) is 0 Å². The van der Waals surface area contributed by atoms with Crippen LogP contribution >= 0.6 is 0 Å². The Morgan fingerprint density at radius 3 is 0.949 bits per heavy atom. The van der Waals surface area contributed by atoms with Crippen molar-refractivity contribution in [3.8, 4) is 0 Å². The quantitative estimate of drug-likeness (QED) is 0.0467. The van der Waals surface area contributed by atoms with E-state index in [-0.39, 0.29) is 5.79 Å². The van der Waals surface area contributed by atoms with Gasteiger partial charge in [-0.2, -0.15) is 0 Å². The molecule has 0 unspecified atom stereocenters. The van der Waals surface area contributed by atoms with E-state index in [2.05, 4.69) is 21.0 Å². The highest BCUT2D eigenvalue weighted by molar-refractivity contribution is 4.61. The smallest absolute Gasteiger partial charge is 0.164 e. The average Bonchev–Trinajstić information content (AvgIpc) is 2.93. The van der Waals surface area contributed by atoms with Crippen molar-refractivity contribution in [2.24, 2.45) is 0 Å². The second kappa shape index (κ2) is 28.0. The van der Waals surface area contributed by atoms with E-state index in [9.17, 15) is 0 Å². The molecule has 0 radical (unpaired) electrons. The van der Waals surface area contributed by atoms with Gasteiger partial charge in [0, 0.05) is 20.6 Å². The van der Waals surface area contributed by atoms with Crippen LogP contribution in [0.4, 0.5) is 0 Å². The standard InChI is InChI=1S/C36H76NO2/c1-7-8-9-10-11-12-13-14-15-16-17-19-22-25-28-31-34-37(3,4)35-32-29-26-23-20-18-21-24-27-30-33-36(2,38-5)39-6/h7-35H2,1-6H3/q+1. The fourth-order valence-corrected chi connectivity index (χ4v) is 5.89. The minimum absolute atomic E-state index is 0.390. The maximum atomic E-state index is 5.44. The third-order valence-corrected chi connectivity index (χ3v) is 9.12. The fraction of sp³-hybridized carbons (Fsp3) is 1.00. The molecule has 0 heterocycles. The second-order valence-electron chi connectivity index (χ2n) is 13.5. The minimum atomic E-state index is -0.390. The van der Waals surface area contributed by atoms with Crippen molar-refractivity contribution in [1.82, 2.24) is 0 Å². The highest BCUT2D eigenvalue weighted by atomic mass is 16.7. The largest absolute Gasteiger partial charge is 0.353 e. The molecular weight excluding hydrogens is 478 g/mol. The molecule has 0 saturated carbocycles. The van der Waals surface area contributed by atoms with Gasteiger partial charge in [0.05, 0.1) is 27.2 Å². The Labute approximate surface area is 248 Å². The Morgan fingerprint density at radius 2 is 0.667 bits per heavy atom.